The van der Waals surface area contributed by atoms with Crippen molar-refractivity contribution in [2.75, 3.05) is 0 Å². The number of fused-ring (bicyclic) bond motifs is 1. The molecule has 0 aromatic heterocycles. The molecule has 1 aliphatic heterocycles. The molecule has 0 unspecified atom stereocenters. The van der Waals surface area contributed by atoms with Crippen molar-refractivity contribution in [3.63, 3.8) is 0 Å². The first-order chi connectivity index (χ1) is 12.3. The molecular weight excluding hydrogens is 343 g/mol. The van der Waals surface area contributed by atoms with Crippen LogP contribution in [0.1, 0.15) is 54.1 Å². The van der Waals surface area contributed by atoms with Crippen molar-refractivity contribution in [3.8, 4) is 0 Å². The number of halogens is 3. The SMILES string of the molecule is C[C@H]1C=NC(C(=O)CCC(=O)c2ccc3c(c2)CCC3)=C(C(F)(F)F)C1. The van der Waals surface area contributed by atoms with Gasteiger partial charge in [-0.05, 0) is 48.8 Å². The Kier molecular flexibility index (Phi) is 5.12. The summed E-state index contributed by atoms with van der Waals surface area (Å²) in [4.78, 5) is 28.3. The molecule has 0 amide bonds. The second kappa shape index (κ2) is 7.17. The molecule has 3 nitrogen and oxygen atoms in total. The summed E-state index contributed by atoms with van der Waals surface area (Å²) in [5.41, 5.74) is 1.47. The highest BCUT2D eigenvalue weighted by Gasteiger charge is 2.39. The third kappa shape index (κ3) is 3.94. The Morgan fingerprint density at radius 1 is 1.12 bits per heavy atom. The Balaban J connectivity index is 1.70. The third-order valence-electron chi connectivity index (χ3n) is 4.88. The molecule has 0 radical (unpaired) electrons. The molecule has 138 valence electrons. The van der Waals surface area contributed by atoms with Crippen LogP contribution in [-0.2, 0) is 17.6 Å². The molecule has 0 saturated heterocycles. The quantitative estimate of drug-likeness (QED) is 0.716. The van der Waals surface area contributed by atoms with Crippen LogP contribution in [0.25, 0.3) is 0 Å². The normalized spacial score (nSPS) is 19.6. The van der Waals surface area contributed by atoms with Gasteiger partial charge >= 0.3 is 6.18 Å². The zero-order valence-corrected chi connectivity index (χ0v) is 14.5. The van der Waals surface area contributed by atoms with Crippen LogP contribution in [0.5, 0.6) is 0 Å². The predicted octanol–water partition coefficient (Wildman–Crippen LogP) is 4.63. The van der Waals surface area contributed by atoms with Crippen molar-refractivity contribution >= 4 is 17.8 Å². The maximum atomic E-state index is 13.2. The van der Waals surface area contributed by atoms with Gasteiger partial charge in [0, 0.05) is 24.6 Å². The molecule has 1 aromatic carbocycles. The average Bonchev–Trinajstić information content (AvgIpc) is 3.06. The monoisotopic (exact) mass is 363 g/mol. The number of hydrogen-bond acceptors (Lipinski definition) is 3. The second-order valence-corrected chi connectivity index (χ2v) is 6.97. The Labute approximate surface area is 150 Å². The first-order valence-electron chi connectivity index (χ1n) is 8.78. The van der Waals surface area contributed by atoms with E-state index in [-0.39, 0.29) is 31.0 Å². The number of ketones is 2. The number of aliphatic imine (C=N–C) groups is 1. The van der Waals surface area contributed by atoms with Crippen molar-refractivity contribution in [2.24, 2.45) is 10.9 Å². The van der Waals surface area contributed by atoms with Crippen LogP contribution >= 0.6 is 0 Å². The molecule has 1 aliphatic carbocycles. The number of nitrogens with zero attached hydrogens (tertiary/aromatic N) is 1. The highest BCUT2D eigenvalue weighted by molar-refractivity contribution is 6.03. The second-order valence-electron chi connectivity index (χ2n) is 6.97. The van der Waals surface area contributed by atoms with Crippen LogP contribution in [0.4, 0.5) is 13.2 Å². The molecule has 1 atom stereocenters. The van der Waals surface area contributed by atoms with E-state index in [1.165, 1.54) is 11.8 Å². The zero-order valence-electron chi connectivity index (χ0n) is 14.5. The number of benzene rings is 1. The summed E-state index contributed by atoms with van der Waals surface area (Å²) in [6, 6.07) is 5.50. The molecule has 0 fully saturated rings. The highest BCUT2D eigenvalue weighted by atomic mass is 19.4. The lowest BCUT2D eigenvalue weighted by atomic mass is 9.94. The molecule has 3 rings (SSSR count). The predicted molar refractivity (Wildman–Crippen MR) is 92.4 cm³/mol. The maximum absolute atomic E-state index is 13.2. The first-order valence-corrected chi connectivity index (χ1v) is 8.78. The lowest BCUT2D eigenvalue weighted by molar-refractivity contribution is -0.118. The lowest BCUT2D eigenvalue weighted by Crippen LogP contribution is -2.23. The summed E-state index contributed by atoms with van der Waals surface area (Å²) in [6.45, 7) is 1.62. The van der Waals surface area contributed by atoms with Gasteiger partial charge < -0.3 is 0 Å². The molecule has 1 heterocycles. The number of allylic oxidation sites excluding steroid dienone is 2. The van der Waals surface area contributed by atoms with E-state index in [0.29, 0.717) is 5.56 Å². The van der Waals surface area contributed by atoms with E-state index in [1.54, 1.807) is 13.0 Å². The van der Waals surface area contributed by atoms with E-state index in [1.807, 2.05) is 12.1 Å². The fraction of sp³-hybridized carbons (Fsp3) is 0.450. The Morgan fingerprint density at radius 2 is 1.81 bits per heavy atom. The van der Waals surface area contributed by atoms with Crippen molar-refractivity contribution in [1.82, 2.24) is 0 Å². The number of Topliss-reactive ketones (excluding diaryl/α,β-unsaturated/α-hetero) is 2. The molecule has 0 N–H and O–H groups in total. The summed E-state index contributed by atoms with van der Waals surface area (Å²) < 4.78 is 39.5. The van der Waals surface area contributed by atoms with E-state index in [4.69, 9.17) is 0 Å². The Hall–Kier alpha value is -2.24. The Morgan fingerprint density at radius 3 is 2.54 bits per heavy atom. The lowest BCUT2D eigenvalue weighted by Gasteiger charge is -2.20. The average molecular weight is 363 g/mol. The number of carbonyl (C=O) groups excluding carboxylic acids is 2. The van der Waals surface area contributed by atoms with Crippen LogP contribution in [0.2, 0.25) is 0 Å². The minimum Gasteiger partial charge on any atom is -0.294 e. The van der Waals surface area contributed by atoms with Gasteiger partial charge in [-0.1, -0.05) is 19.1 Å². The minimum absolute atomic E-state index is 0.114. The van der Waals surface area contributed by atoms with Gasteiger partial charge in [0.1, 0.15) is 5.70 Å². The van der Waals surface area contributed by atoms with Crippen molar-refractivity contribution in [3.05, 3.63) is 46.2 Å². The largest absolute Gasteiger partial charge is 0.414 e. The number of carbonyl (C=O) groups is 2. The highest BCUT2D eigenvalue weighted by Crippen LogP contribution is 2.36. The summed E-state index contributed by atoms with van der Waals surface area (Å²) in [5, 5.41) is 0. The van der Waals surface area contributed by atoms with Crippen LogP contribution in [0, 0.1) is 5.92 Å². The van der Waals surface area contributed by atoms with E-state index < -0.39 is 23.2 Å². The van der Waals surface area contributed by atoms with Crippen molar-refractivity contribution < 1.29 is 22.8 Å². The number of alkyl halides is 3. The van der Waals surface area contributed by atoms with Gasteiger partial charge in [0.15, 0.2) is 11.6 Å². The smallest absolute Gasteiger partial charge is 0.294 e. The van der Waals surface area contributed by atoms with Gasteiger partial charge in [-0.25, -0.2) is 0 Å². The van der Waals surface area contributed by atoms with E-state index >= 15 is 0 Å². The molecule has 0 saturated carbocycles. The first kappa shape index (κ1) is 18.5. The number of rotatable bonds is 5. The Bertz CT molecular complexity index is 806. The molecule has 26 heavy (non-hydrogen) atoms. The van der Waals surface area contributed by atoms with Gasteiger partial charge in [0.25, 0.3) is 0 Å². The van der Waals surface area contributed by atoms with E-state index in [9.17, 15) is 22.8 Å². The van der Waals surface area contributed by atoms with Crippen LogP contribution in [-0.4, -0.2) is 24.0 Å². The standard InChI is InChI=1S/C20H20F3NO2/c1-12-9-16(20(21,22)23)19(24-11-12)18(26)8-7-17(25)15-6-5-13-3-2-4-14(13)10-15/h5-6,10-12H,2-4,7-9H2,1H3/t12-/m1/s1. The van der Waals surface area contributed by atoms with Crippen LogP contribution < -0.4 is 0 Å². The van der Waals surface area contributed by atoms with E-state index in [0.717, 1.165) is 24.8 Å². The fourth-order valence-corrected chi connectivity index (χ4v) is 3.48. The summed E-state index contributed by atoms with van der Waals surface area (Å²) in [7, 11) is 0. The minimum atomic E-state index is -4.58. The van der Waals surface area contributed by atoms with Gasteiger partial charge in [-0.15, -0.1) is 0 Å². The molecule has 1 aromatic rings. The molecular formula is C20H20F3NO2. The molecule has 6 heteroatoms. The zero-order chi connectivity index (χ0) is 18.9. The van der Waals surface area contributed by atoms with Crippen LogP contribution in [0.15, 0.2) is 34.5 Å². The van der Waals surface area contributed by atoms with Gasteiger partial charge in [0.05, 0.1) is 5.57 Å². The number of hydrogen-bond donors (Lipinski definition) is 0. The van der Waals surface area contributed by atoms with Crippen LogP contribution in [0.3, 0.4) is 0 Å². The van der Waals surface area contributed by atoms with Crippen molar-refractivity contribution in [2.45, 2.75) is 51.6 Å². The number of aryl methyl sites for hydroxylation is 2. The van der Waals surface area contributed by atoms with Gasteiger partial charge in [-0.2, -0.15) is 13.2 Å². The maximum Gasteiger partial charge on any atom is 0.414 e. The molecule has 0 spiro atoms. The third-order valence-corrected chi connectivity index (χ3v) is 4.88. The van der Waals surface area contributed by atoms with E-state index in [2.05, 4.69) is 4.99 Å². The topological polar surface area (TPSA) is 46.5 Å². The fourth-order valence-electron chi connectivity index (χ4n) is 3.48. The van der Waals surface area contributed by atoms with Gasteiger partial charge in [0.2, 0.25) is 0 Å². The summed E-state index contributed by atoms with van der Waals surface area (Å²) in [6.07, 6.45) is -0.847. The molecule has 0 bridgehead atoms. The molecule has 2 aliphatic rings. The summed E-state index contributed by atoms with van der Waals surface area (Å²) in [5.74, 6) is -1.32. The summed E-state index contributed by atoms with van der Waals surface area (Å²) >= 11 is 0. The van der Waals surface area contributed by atoms with Crippen molar-refractivity contribution in [1.29, 1.82) is 0 Å². The van der Waals surface area contributed by atoms with Gasteiger partial charge in [-0.3, -0.25) is 14.6 Å².